The number of ether oxygens (including phenoxy) is 1. The van der Waals surface area contributed by atoms with E-state index in [4.69, 9.17) is 40.2 Å². The molecule has 2 aromatic carbocycles. The fourth-order valence-electron chi connectivity index (χ4n) is 4.59. The van der Waals surface area contributed by atoms with E-state index in [1.165, 1.54) is 6.07 Å². The Morgan fingerprint density at radius 2 is 1.63 bits per heavy atom. The minimum Gasteiger partial charge on any atom is -0.382 e. The van der Waals surface area contributed by atoms with E-state index in [-0.39, 0.29) is 17.2 Å². The van der Waals surface area contributed by atoms with E-state index in [0.717, 1.165) is 73.6 Å². The Bertz CT molecular complexity index is 1010. The molecule has 4 rings (SSSR count). The molecule has 10 heteroatoms. The summed E-state index contributed by atoms with van der Waals surface area (Å²) in [5, 5.41) is 3.66. The Hall–Kier alpha value is -1.74. The van der Waals surface area contributed by atoms with E-state index >= 15 is 0 Å². The molecule has 1 saturated carbocycles. The summed E-state index contributed by atoms with van der Waals surface area (Å²) >= 11 is 17.3. The molecule has 0 amide bonds. The van der Waals surface area contributed by atoms with E-state index in [1.807, 2.05) is 24.3 Å². The summed E-state index contributed by atoms with van der Waals surface area (Å²) in [6, 6.07) is 11.9. The lowest BCUT2D eigenvalue weighted by Crippen LogP contribution is -2.49. The van der Waals surface area contributed by atoms with Gasteiger partial charge in [-0.3, -0.25) is 0 Å². The zero-order chi connectivity index (χ0) is 25.0. The Kier molecular flexibility index (Phi) is 8.68. The van der Waals surface area contributed by atoms with Crippen LogP contribution in [0, 0.1) is 0 Å². The van der Waals surface area contributed by atoms with Crippen molar-refractivity contribution in [1.82, 2.24) is 4.90 Å². The number of halogens is 5. The van der Waals surface area contributed by atoms with Gasteiger partial charge in [0, 0.05) is 48.6 Å². The minimum atomic E-state index is -4.47. The van der Waals surface area contributed by atoms with Crippen LogP contribution in [0.5, 0.6) is 0 Å². The van der Waals surface area contributed by atoms with Gasteiger partial charge in [0.15, 0.2) is 0 Å². The van der Waals surface area contributed by atoms with Crippen LogP contribution in [0.25, 0.3) is 0 Å². The van der Waals surface area contributed by atoms with Crippen molar-refractivity contribution in [2.45, 2.75) is 44.0 Å². The fraction of sp³-hybridized carbons (Fsp3) is 0.480. The van der Waals surface area contributed by atoms with E-state index in [1.54, 1.807) is 6.07 Å². The molecule has 2 fully saturated rings. The molecule has 2 aromatic rings. The molecule has 1 N–H and O–H groups in total. The van der Waals surface area contributed by atoms with Gasteiger partial charge in [0.05, 0.1) is 23.3 Å². The lowest BCUT2D eigenvalue weighted by molar-refractivity contribution is -0.137. The van der Waals surface area contributed by atoms with Gasteiger partial charge in [-0.05, 0) is 68.1 Å². The Morgan fingerprint density at radius 3 is 2.26 bits per heavy atom. The van der Waals surface area contributed by atoms with Crippen LogP contribution in [0.15, 0.2) is 42.5 Å². The van der Waals surface area contributed by atoms with Crippen molar-refractivity contribution in [2.24, 2.45) is 0 Å². The smallest absolute Gasteiger partial charge is 0.382 e. The van der Waals surface area contributed by atoms with E-state index < -0.39 is 11.7 Å². The zero-order valence-electron chi connectivity index (χ0n) is 19.2. The molecule has 190 valence electrons. The van der Waals surface area contributed by atoms with Gasteiger partial charge in [-0.25, -0.2) is 0 Å². The van der Waals surface area contributed by atoms with Crippen LogP contribution in [0.4, 0.5) is 24.5 Å². The largest absolute Gasteiger partial charge is 0.417 e. The number of nitrogens with one attached hydrogen (secondary N) is 1. The van der Waals surface area contributed by atoms with Gasteiger partial charge in [0.1, 0.15) is 4.99 Å². The average Bonchev–Trinajstić information content (AvgIpc) is 2.84. The summed E-state index contributed by atoms with van der Waals surface area (Å²) in [6.45, 7) is 3.90. The van der Waals surface area contributed by atoms with Gasteiger partial charge < -0.3 is 19.9 Å². The first-order chi connectivity index (χ1) is 16.7. The van der Waals surface area contributed by atoms with Gasteiger partial charge in [0.2, 0.25) is 0 Å². The highest BCUT2D eigenvalue weighted by atomic mass is 35.5. The number of piperazine rings is 1. The van der Waals surface area contributed by atoms with Gasteiger partial charge in [-0.15, -0.1) is 0 Å². The molecular formula is C25H28Cl2F3N3OS. The lowest BCUT2D eigenvalue weighted by atomic mass is 9.92. The molecule has 0 atom stereocenters. The standard InChI is InChI=1S/C25H28Cl2F3N3OS/c26-17-1-6-20(7-2-17)32-11-13-33(14-12-32)24(35)16-34-21-8-3-18(4-9-21)31-19-5-10-23(27)22(15-19)25(28,29)30/h1-2,5-7,10,15,18,21,31H,3-4,8-9,11-14,16H2/t18-,21-. The summed E-state index contributed by atoms with van der Waals surface area (Å²) in [6.07, 6.45) is -1.05. The zero-order valence-corrected chi connectivity index (χ0v) is 21.5. The average molecular weight is 546 g/mol. The van der Waals surface area contributed by atoms with Gasteiger partial charge in [0.25, 0.3) is 0 Å². The predicted octanol–water partition coefficient (Wildman–Crippen LogP) is 6.90. The van der Waals surface area contributed by atoms with Crippen molar-refractivity contribution in [3.8, 4) is 0 Å². The number of hydrogen-bond acceptors (Lipinski definition) is 4. The van der Waals surface area contributed by atoms with Crippen LogP contribution in [0.1, 0.15) is 31.2 Å². The normalized spacial score (nSPS) is 21.2. The third-order valence-electron chi connectivity index (χ3n) is 6.58. The molecular weight excluding hydrogens is 518 g/mol. The molecule has 0 bridgehead atoms. The number of nitrogens with zero attached hydrogens (tertiary/aromatic N) is 2. The highest BCUT2D eigenvalue weighted by molar-refractivity contribution is 7.80. The van der Waals surface area contributed by atoms with Gasteiger partial charge >= 0.3 is 6.18 Å². The topological polar surface area (TPSA) is 27.7 Å². The van der Waals surface area contributed by atoms with Gasteiger partial charge in [-0.1, -0.05) is 35.4 Å². The van der Waals surface area contributed by atoms with Crippen molar-refractivity contribution < 1.29 is 17.9 Å². The highest BCUT2D eigenvalue weighted by Gasteiger charge is 2.33. The number of rotatable bonds is 6. The minimum absolute atomic E-state index is 0.102. The SMILES string of the molecule is FC(F)(F)c1cc(N[C@H]2CC[C@H](OCC(=S)N3CCN(c4ccc(Cl)cc4)CC3)CC2)ccc1Cl. The molecule has 1 saturated heterocycles. The van der Waals surface area contributed by atoms with Crippen LogP contribution in [-0.2, 0) is 10.9 Å². The first-order valence-electron chi connectivity index (χ1n) is 11.7. The van der Waals surface area contributed by atoms with Crippen molar-refractivity contribution in [1.29, 1.82) is 0 Å². The summed E-state index contributed by atoms with van der Waals surface area (Å²) < 4.78 is 45.4. The maximum atomic E-state index is 13.1. The second-order valence-electron chi connectivity index (χ2n) is 8.97. The second-order valence-corrected chi connectivity index (χ2v) is 10.3. The lowest BCUT2D eigenvalue weighted by Gasteiger charge is -2.38. The number of anilines is 2. The first kappa shape index (κ1) is 26.3. The van der Waals surface area contributed by atoms with Gasteiger partial charge in [-0.2, -0.15) is 13.2 Å². The van der Waals surface area contributed by atoms with E-state index in [9.17, 15) is 13.2 Å². The van der Waals surface area contributed by atoms with Crippen molar-refractivity contribution in [2.75, 3.05) is 43.0 Å². The Balaban J connectivity index is 1.17. The third-order valence-corrected chi connectivity index (χ3v) is 7.54. The summed E-state index contributed by atoms with van der Waals surface area (Å²) in [4.78, 5) is 5.35. The van der Waals surface area contributed by atoms with Crippen LogP contribution in [-0.4, -0.2) is 54.8 Å². The maximum Gasteiger partial charge on any atom is 0.417 e. The molecule has 1 heterocycles. The predicted molar refractivity (Wildman–Crippen MR) is 140 cm³/mol. The molecule has 4 nitrogen and oxygen atoms in total. The third kappa shape index (κ3) is 7.15. The number of hydrogen-bond donors (Lipinski definition) is 1. The molecule has 0 aromatic heterocycles. The molecule has 35 heavy (non-hydrogen) atoms. The molecule has 0 spiro atoms. The Labute approximate surface area is 219 Å². The number of thiocarbonyl (C=S) groups is 1. The van der Waals surface area contributed by atoms with E-state index in [0.29, 0.717) is 12.3 Å². The molecule has 0 radical (unpaired) electrons. The van der Waals surface area contributed by atoms with Crippen molar-refractivity contribution in [3.05, 3.63) is 58.1 Å². The Morgan fingerprint density at radius 1 is 0.971 bits per heavy atom. The van der Waals surface area contributed by atoms with Crippen molar-refractivity contribution in [3.63, 3.8) is 0 Å². The second kappa shape index (κ2) is 11.5. The van der Waals surface area contributed by atoms with Crippen LogP contribution in [0.2, 0.25) is 10.0 Å². The summed E-state index contributed by atoms with van der Waals surface area (Å²) in [7, 11) is 0. The number of alkyl halides is 3. The molecule has 1 aliphatic heterocycles. The maximum absolute atomic E-state index is 13.1. The monoisotopic (exact) mass is 545 g/mol. The van der Waals surface area contributed by atoms with E-state index in [2.05, 4.69) is 15.1 Å². The van der Waals surface area contributed by atoms with Crippen LogP contribution < -0.4 is 10.2 Å². The fourth-order valence-corrected chi connectivity index (χ4v) is 5.19. The molecule has 0 unspecified atom stereocenters. The molecule has 1 aliphatic carbocycles. The molecule has 2 aliphatic rings. The van der Waals surface area contributed by atoms with Crippen LogP contribution in [0.3, 0.4) is 0 Å². The first-order valence-corrected chi connectivity index (χ1v) is 12.9. The van der Waals surface area contributed by atoms with Crippen LogP contribution >= 0.6 is 35.4 Å². The quantitative estimate of drug-likeness (QED) is 0.398. The number of benzene rings is 2. The summed E-state index contributed by atoms with van der Waals surface area (Å²) in [5.41, 5.74) is 0.781. The summed E-state index contributed by atoms with van der Waals surface area (Å²) in [5.74, 6) is 0. The van der Waals surface area contributed by atoms with Crippen molar-refractivity contribution >= 4 is 51.8 Å². The highest BCUT2D eigenvalue weighted by Crippen LogP contribution is 2.36.